The SMILES string of the molecule is CCOC(=O)CC1=CC(=O)N(CC(=O)Nc2ccc(F)c(F)c2)c2ccccc2N1. The summed E-state index contributed by atoms with van der Waals surface area (Å²) in [6, 6.07) is 9.75. The number of amides is 2. The number of fused-ring (bicyclic) bond motifs is 1. The van der Waals surface area contributed by atoms with Crippen molar-refractivity contribution in [3.05, 3.63) is 65.9 Å². The Morgan fingerprint density at radius 3 is 2.63 bits per heavy atom. The number of halogens is 2. The van der Waals surface area contributed by atoms with Crippen molar-refractivity contribution in [2.24, 2.45) is 0 Å². The molecule has 0 saturated heterocycles. The summed E-state index contributed by atoms with van der Waals surface area (Å²) in [5.74, 6) is -3.75. The Kier molecular flexibility index (Phi) is 6.41. The van der Waals surface area contributed by atoms with Crippen molar-refractivity contribution < 1.29 is 27.9 Å². The highest BCUT2D eigenvalue weighted by molar-refractivity contribution is 6.10. The highest BCUT2D eigenvalue weighted by Crippen LogP contribution is 2.30. The average Bonchev–Trinajstić information content (AvgIpc) is 2.81. The summed E-state index contributed by atoms with van der Waals surface area (Å²) < 4.78 is 31.3. The number of rotatable bonds is 6. The number of anilines is 3. The second-order valence-corrected chi connectivity index (χ2v) is 6.39. The van der Waals surface area contributed by atoms with Gasteiger partial charge in [-0.15, -0.1) is 0 Å². The first-order valence-electron chi connectivity index (χ1n) is 9.16. The maximum atomic E-state index is 13.4. The molecule has 1 aliphatic heterocycles. The fourth-order valence-corrected chi connectivity index (χ4v) is 2.91. The third-order valence-electron chi connectivity index (χ3n) is 4.20. The standard InChI is InChI=1S/C21H19F2N3O4/c1-2-30-21(29)11-14-10-20(28)26(18-6-4-3-5-17(18)24-14)12-19(27)25-13-7-8-15(22)16(23)9-13/h3-10,24H,2,11-12H2,1H3,(H,25,27). The Morgan fingerprint density at radius 2 is 1.90 bits per heavy atom. The zero-order chi connectivity index (χ0) is 21.7. The molecule has 0 fully saturated rings. The first kappa shape index (κ1) is 21.0. The Balaban J connectivity index is 1.81. The quantitative estimate of drug-likeness (QED) is 0.708. The molecule has 9 heteroatoms. The van der Waals surface area contributed by atoms with Gasteiger partial charge in [0.25, 0.3) is 5.91 Å². The summed E-state index contributed by atoms with van der Waals surface area (Å²) in [6.45, 7) is 1.52. The van der Waals surface area contributed by atoms with E-state index in [2.05, 4.69) is 10.6 Å². The van der Waals surface area contributed by atoms with E-state index < -0.39 is 29.4 Å². The van der Waals surface area contributed by atoms with Gasteiger partial charge in [0.05, 0.1) is 24.4 Å². The summed E-state index contributed by atoms with van der Waals surface area (Å²) in [5, 5.41) is 5.46. The summed E-state index contributed by atoms with van der Waals surface area (Å²) >= 11 is 0. The Labute approximate surface area is 171 Å². The minimum atomic E-state index is -1.10. The van der Waals surface area contributed by atoms with Crippen LogP contribution in [0.3, 0.4) is 0 Å². The highest BCUT2D eigenvalue weighted by Gasteiger charge is 2.25. The molecule has 3 rings (SSSR count). The number of carbonyl (C=O) groups excluding carboxylic acids is 3. The number of esters is 1. The highest BCUT2D eigenvalue weighted by atomic mass is 19.2. The summed E-state index contributed by atoms with van der Waals surface area (Å²) in [5.41, 5.74) is 1.35. The van der Waals surface area contributed by atoms with Crippen LogP contribution in [-0.2, 0) is 19.1 Å². The molecule has 0 aliphatic carbocycles. The molecule has 7 nitrogen and oxygen atoms in total. The predicted octanol–water partition coefficient (Wildman–Crippen LogP) is 3.20. The zero-order valence-electron chi connectivity index (χ0n) is 16.1. The first-order valence-corrected chi connectivity index (χ1v) is 9.16. The molecule has 1 heterocycles. The number of carbonyl (C=O) groups is 3. The van der Waals surface area contributed by atoms with Gasteiger partial charge in [0, 0.05) is 23.5 Å². The topological polar surface area (TPSA) is 87.7 Å². The molecular formula is C21H19F2N3O4. The molecule has 30 heavy (non-hydrogen) atoms. The van der Waals surface area contributed by atoms with Crippen molar-refractivity contribution in [3.63, 3.8) is 0 Å². The van der Waals surface area contributed by atoms with Crippen molar-refractivity contribution in [2.75, 3.05) is 28.7 Å². The van der Waals surface area contributed by atoms with Crippen LogP contribution in [-0.4, -0.2) is 30.9 Å². The van der Waals surface area contributed by atoms with Crippen molar-refractivity contribution in [2.45, 2.75) is 13.3 Å². The number of hydrogen-bond donors (Lipinski definition) is 2. The monoisotopic (exact) mass is 415 g/mol. The minimum absolute atomic E-state index is 0.0612. The van der Waals surface area contributed by atoms with Crippen molar-refractivity contribution in [3.8, 4) is 0 Å². The third kappa shape index (κ3) is 4.99. The molecule has 2 aromatic carbocycles. The van der Waals surface area contributed by atoms with E-state index in [1.807, 2.05) is 0 Å². The van der Waals surface area contributed by atoms with Gasteiger partial charge in [-0.1, -0.05) is 12.1 Å². The minimum Gasteiger partial charge on any atom is -0.466 e. The molecular weight excluding hydrogens is 396 g/mol. The van der Waals surface area contributed by atoms with E-state index in [9.17, 15) is 23.2 Å². The lowest BCUT2D eigenvalue weighted by atomic mass is 10.2. The fraction of sp³-hybridized carbons (Fsp3) is 0.190. The molecule has 0 aromatic heterocycles. The molecule has 0 saturated carbocycles. The van der Waals surface area contributed by atoms with Crippen LogP contribution in [0.1, 0.15) is 13.3 Å². The van der Waals surface area contributed by atoms with Crippen molar-refractivity contribution in [1.82, 2.24) is 0 Å². The maximum absolute atomic E-state index is 13.4. The summed E-state index contributed by atoms with van der Waals surface area (Å²) in [7, 11) is 0. The van der Waals surface area contributed by atoms with E-state index in [0.717, 1.165) is 12.1 Å². The maximum Gasteiger partial charge on any atom is 0.311 e. The van der Waals surface area contributed by atoms with Crippen LogP contribution >= 0.6 is 0 Å². The molecule has 0 spiro atoms. The van der Waals surface area contributed by atoms with Gasteiger partial charge in [-0.2, -0.15) is 0 Å². The van der Waals surface area contributed by atoms with Gasteiger partial charge in [0.2, 0.25) is 5.91 Å². The summed E-state index contributed by atoms with van der Waals surface area (Å²) in [4.78, 5) is 38.3. The van der Waals surface area contributed by atoms with Gasteiger partial charge in [-0.05, 0) is 31.2 Å². The third-order valence-corrected chi connectivity index (χ3v) is 4.20. The van der Waals surface area contributed by atoms with Crippen LogP contribution in [0, 0.1) is 11.6 Å². The average molecular weight is 415 g/mol. The van der Waals surface area contributed by atoms with E-state index >= 15 is 0 Å². The van der Waals surface area contributed by atoms with Crippen LogP contribution in [0.25, 0.3) is 0 Å². The van der Waals surface area contributed by atoms with E-state index in [0.29, 0.717) is 17.1 Å². The fourth-order valence-electron chi connectivity index (χ4n) is 2.91. The predicted molar refractivity (Wildman–Crippen MR) is 107 cm³/mol. The second kappa shape index (κ2) is 9.17. The van der Waals surface area contributed by atoms with E-state index in [4.69, 9.17) is 4.74 Å². The van der Waals surface area contributed by atoms with Gasteiger partial charge in [0.15, 0.2) is 11.6 Å². The smallest absolute Gasteiger partial charge is 0.311 e. The van der Waals surface area contributed by atoms with Gasteiger partial charge in [-0.25, -0.2) is 8.78 Å². The van der Waals surface area contributed by atoms with Crippen LogP contribution in [0.4, 0.5) is 25.8 Å². The van der Waals surface area contributed by atoms with Crippen LogP contribution < -0.4 is 15.5 Å². The van der Waals surface area contributed by atoms with Gasteiger partial charge in [0.1, 0.15) is 6.54 Å². The molecule has 1 aliphatic rings. The molecule has 2 N–H and O–H groups in total. The Hall–Kier alpha value is -3.75. The lowest BCUT2D eigenvalue weighted by Gasteiger charge is -2.21. The van der Waals surface area contributed by atoms with Crippen LogP contribution in [0.5, 0.6) is 0 Å². The Morgan fingerprint density at radius 1 is 1.13 bits per heavy atom. The zero-order valence-corrected chi connectivity index (χ0v) is 16.1. The van der Waals surface area contributed by atoms with E-state index in [1.54, 1.807) is 31.2 Å². The van der Waals surface area contributed by atoms with Gasteiger partial charge < -0.3 is 15.4 Å². The lowest BCUT2D eigenvalue weighted by Crippen LogP contribution is -2.37. The van der Waals surface area contributed by atoms with Crippen molar-refractivity contribution >= 4 is 34.8 Å². The number of para-hydroxylation sites is 2. The molecule has 156 valence electrons. The van der Waals surface area contributed by atoms with E-state index in [1.165, 1.54) is 17.0 Å². The van der Waals surface area contributed by atoms with Gasteiger partial charge in [-0.3, -0.25) is 19.3 Å². The largest absolute Gasteiger partial charge is 0.466 e. The first-order chi connectivity index (χ1) is 14.4. The molecule has 2 aromatic rings. The molecule has 0 unspecified atom stereocenters. The second-order valence-electron chi connectivity index (χ2n) is 6.39. The van der Waals surface area contributed by atoms with Crippen LogP contribution in [0.2, 0.25) is 0 Å². The number of ether oxygens (including phenoxy) is 1. The molecule has 0 bridgehead atoms. The number of benzene rings is 2. The molecule has 2 amide bonds. The van der Waals surface area contributed by atoms with Gasteiger partial charge >= 0.3 is 5.97 Å². The number of nitrogens with one attached hydrogen (secondary N) is 2. The summed E-state index contributed by atoms with van der Waals surface area (Å²) in [6.07, 6.45) is 1.09. The number of hydrogen-bond acceptors (Lipinski definition) is 5. The Bertz CT molecular complexity index is 1020. The molecule has 0 radical (unpaired) electrons. The number of nitrogens with zero attached hydrogens (tertiary/aromatic N) is 1. The lowest BCUT2D eigenvalue weighted by molar-refractivity contribution is -0.142. The van der Waals surface area contributed by atoms with Crippen LogP contribution in [0.15, 0.2) is 54.2 Å². The molecule has 0 atom stereocenters. The van der Waals surface area contributed by atoms with E-state index in [-0.39, 0.29) is 25.3 Å². The van der Waals surface area contributed by atoms with Crippen molar-refractivity contribution in [1.29, 1.82) is 0 Å². The normalized spacial score (nSPS) is 13.0.